The number of likely N-dealkylation sites (N-methyl/N-ethyl adjacent to an activating group) is 1. The second-order valence-corrected chi connectivity index (χ2v) is 2.04. The van der Waals surface area contributed by atoms with Gasteiger partial charge >= 0.3 is 0 Å². The van der Waals surface area contributed by atoms with Crippen LogP contribution < -0.4 is 0 Å². The smallest absolute Gasteiger partial charge is 0.0589 e. The van der Waals surface area contributed by atoms with E-state index in [1.54, 1.807) is 7.11 Å². The standard InChI is InChI=1S/C7H15NO/c1-4-5-8(2)6-7-9-3/h4H,1,5-7H2,2-3H3. The van der Waals surface area contributed by atoms with Gasteiger partial charge < -0.3 is 9.64 Å². The highest BCUT2D eigenvalue weighted by molar-refractivity contribution is 4.70. The van der Waals surface area contributed by atoms with Crippen LogP contribution in [0.1, 0.15) is 0 Å². The van der Waals surface area contributed by atoms with Gasteiger partial charge in [0.25, 0.3) is 0 Å². The molecular weight excluding hydrogens is 114 g/mol. The van der Waals surface area contributed by atoms with E-state index < -0.39 is 0 Å². The van der Waals surface area contributed by atoms with Crippen LogP contribution in [0.3, 0.4) is 0 Å². The average Bonchev–Trinajstić information content (AvgIpc) is 1.85. The lowest BCUT2D eigenvalue weighted by Gasteiger charge is -2.12. The summed E-state index contributed by atoms with van der Waals surface area (Å²) in [6.45, 7) is 6.33. The minimum absolute atomic E-state index is 0.796. The Bertz CT molecular complexity index is 73.3. The van der Waals surface area contributed by atoms with Crippen LogP contribution in [0, 0.1) is 0 Å². The Morgan fingerprint density at radius 2 is 2.33 bits per heavy atom. The van der Waals surface area contributed by atoms with Crippen molar-refractivity contribution in [1.29, 1.82) is 0 Å². The summed E-state index contributed by atoms with van der Waals surface area (Å²) in [6.07, 6.45) is 1.88. The van der Waals surface area contributed by atoms with Gasteiger partial charge in [-0.05, 0) is 7.05 Å². The van der Waals surface area contributed by atoms with Crippen molar-refractivity contribution < 1.29 is 4.74 Å². The first kappa shape index (κ1) is 8.66. The Morgan fingerprint density at radius 1 is 1.67 bits per heavy atom. The molecule has 0 atom stereocenters. The van der Waals surface area contributed by atoms with Crippen molar-refractivity contribution in [2.24, 2.45) is 0 Å². The summed E-state index contributed by atoms with van der Waals surface area (Å²) in [5.41, 5.74) is 0. The van der Waals surface area contributed by atoms with Crippen LogP contribution >= 0.6 is 0 Å². The highest BCUT2D eigenvalue weighted by atomic mass is 16.5. The van der Waals surface area contributed by atoms with E-state index in [-0.39, 0.29) is 0 Å². The summed E-state index contributed by atoms with van der Waals surface area (Å²) >= 11 is 0. The minimum atomic E-state index is 0.796. The Balaban J connectivity index is 3.04. The molecule has 0 aliphatic heterocycles. The van der Waals surface area contributed by atoms with E-state index in [1.807, 2.05) is 13.1 Å². The predicted molar refractivity (Wildman–Crippen MR) is 39.6 cm³/mol. The fourth-order valence-corrected chi connectivity index (χ4v) is 0.559. The molecule has 0 saturated carbocycles. The number of methoxy groups -OCH3 is 1. The van der Waals surface area contributed by atoms with E-state index in [2.05, 4.69) is 11.5 Å². The van der Waals surface area contributed by atoms with Gasteiger partial charge in [0, 0.05) is 20.2 Å². The van der Waals surface area contributed by atoms with Crippen LogP contribution in [0.5, 0.6) is 0 Å². The fourth-order valence-electron chi connectivity index (χ4n) is 0.559. The monoisotopic (exact) mass is 129 g/mol. The largest absolute Gasteiger partial charge is 0.383 e. The predicted octanol–water partition coefficient (Wildman–Crippen LogP) is 0.751. The molecule has 2 nitrogen and oxygen atoms in total. The molecule has 9 heavy (non-hydrogen) atoms. The van der Waals surface area contributed by atoms with Gasteiger partial charge in [-0.15, -0.1) is 6.58 Å². The van der Waals surface area contributed by atoms with E-state index in [0.29, 0.717) is 0 Å². The normalized spacial score (nSPS) is 10.1. The zero-order valence-corrected chi connectivity index (χ0v) is 6.26. The molecule has 54 valence electrons. The highest BCUT2D eigenvalue weighted by Crippen LogP contribution is 1.80. The van der Waals surface area contributed by atoms with Crippen LogP contribution in [-0.2, 0) is 4.74 Å². The topological polar surface area (TPSA) is 12.5 Å². The van der Waals surface area contributed by atoms with Crippen molar-refractivity contribution in [2.45, 2.75) is 0 Å². The van der Waals surface area contributed by atoms with Crippen LogP contribution in [-0.4, -0.2) is 38.8 Å². The first-order valence-electron chi connectivity index (χ1n) is 3.09. The van der Waals surface area contributed by atoms with Crippen LogP contribution in [0.2, 0.25) is 0 Å². The summed E-state index contributed by atoms with van der Waals surface area (Å²) < 4.78 is 4.88. The third-order valence-corrected chi connectivity index (χ3v) is 1.12. The Labute approximate surface area is 57.1 Å². The zero-order valence-electron chi connectivity index (χ0n) is 6.26. The summed E-state index contributed by atoms with van der Waals surface area (Å²) in [5.74, 6) is 0. The van der Waals surface area contributed by atoms with Gasteiger partial charge in [0.05, 0.1) is 6.61 Å². The lowest BCUT2D eigenvalue weighted by atomic mass is 10.5. The molecule has 0 heterocycles. The quantitative estimate of drug-likeness (QED) is 0.508. The molecule has 0 fully saturated rings. The number of nitrogens with zero attached hydrogens (tertiary/aromatic N) is 1. The van der Waals surface area contributed by atoms with Gasteiger partial charge in [0.2, 0.25) is 0 Å². The van der Waals surface area contributed by atoms with Crippen LogP contribution in [0.15, 0.2) is 12.7 Å². The van der Waals surface area contributed by atoms with Gasteiger partial charge in [0.15, 0.2) is 0 Å². The van der Waals surface area contributed by atoms with Crippen LogP contribution in [0.4, 0.5) is 0 Å². The molecule has 0 aliphatic rings. The van der Waals surface area contributed by atoms with E-state index in [0.717, 1.165) is 19.7 Å². The van der Waals surface area contributed by atoms with Gasteiger partial charge in [-0.1, -0.05) is 6.08 Å². The molecule has 0 aliphatic carbocycles. The van der Waals surface area contributed by atoms with Crippen molar-refractivity contribution >= 4 is 0 Å². The van der Waals surface area contributed by atoms with E-state index in [4.69, 9.17) is 4.74 Å². The third kappa shape index (κ3) is 5.53. The van der Waals surface area contributed by atoms with Gasteiger partial charge in [-0.25, -0.2) is 0 Å². The Kier molecular flexibility index (Phi) is 5.57. The van der Waals surface area contributed by atoms with Crippen LogP contribution in [0.25, 0.3) is 0 Å². The molecule has 0 amide bonds. The maximum Gasteiger partial charge on any atom is 0.0589 e. The van der Waals surface area contributed by atoms with Crippen molar-refractivity contribution in [1.82, 2.24) is 4.90 Å². The second kappa shape index (κ2) is 5.79. The Hall–Kier alpha value is -0.340. The molecule has 0 aromatic rings. The van der Waals surface area contributed by atoms with Gasteiger partial charge in [-0.3, -0.25) is 0 Å². The van der Waals surface area contributed by atoms with Crippen molar-refractivity contribution in [2.75, 3.05) is 33.9 Å². The van der Waals surface area contributed by atoms with E-state index in [9.17, 15) is 0 Å². The van der Waals surface area contributed by atoms with E-state index in [1.165, 1.54) is 0 Å². The summed E-state index contributed by atoms with van der Waals surface area (Å²) in [5, 5.41) is 0. The molecule has 0 N–H and O–H groups in total. The maximum absolute atomic E-state index is 4.88. The lowest BCUT2D eigenvalue weighted by Crippen LogP contribution is -2.22. The molecule has 0 bridgehead atoms. The summed E-state index contributed by atoms with van der Waals surface area (Å²) in [6, 6.07) is 0. The van der Waals surface area contributed by atoms with Crippen molar-refractivity contribution in [3.05, 3.63) is 12.7 Å². The molecule has 0 radical (unpaired) electrons. The molecule has 2 heteroatoms. The third-order valence-electron chi connectivity index (χ3n) is 1.12. The first-order chi connectivity index (χ1) is 4.31. The van der Waals surface area contributed by atoms with Crippen molar-refractivity contribution in [3.63, 3.8) is 0 Å². The number of rotatable bonds is 5. The molecule has 0 saturated heterocycles. The number of hydrogen-bond donors (Lipinski definition) is 0. The highest BCUT2D eigenvalue weighted by Gasteiger charge is 1.91. The number of ether oxygens (including phenoxy) is 1. The molecule has 0 aromatic carbocycles. The van der Waals surface area contributed by atoms with Crippen molar-refractivity contribution in [3.8, 4) is 0 Å². The minimum Gasteiger partial charge on any atom is -0.383 e. The lowest BCUT2D eigenvalue weighted by molar-refractivity contribution is 0.166. The fraction of sp³-hybridized carbons (Fsp3) is 0.714. The number of hydrogen-bond acceptors (Lipinski definition) is 2. The summed E-state index contributed by atoms with van der Waals surface area (Å²) in [7, 11) is 3.75. The van der Waals surface area contributed by atoms with Gasteiger partial charge in [-0.2, -0.15) is 0 Å². The Morgan fingerprint density at radius 3 is 2.78 bits per heavy atom. The molecule has 0 aromatic heterocycles. The average molecular weight is 129 g/mol. The van der Waals surface area contributed by atoms with E-state index >= 15 is 0 Å². The second-order valence-electron chi connectivity index (χ2n) is 2.04. The molecule has 0 spiro atoms. The molecule has 0 rings (SSSR count). The maximum atomic E-state index is 4.88. The zero-order chi connectivity index (χ0) is 7.11. The molecular formula is C7H15NO. The van der Waals surface area contributed by atoms with Gasteiger partial charge in [0.1, 0.15) is 0 Å². The molecule has 0 unspecified atom stereocenters. The SMILES string of the molecule is C=CCN(C)CCOC. The first-order valence-corrected chi connectivity index (χ1v) is 3.09. The summed E-state index contributed by atoms with van der Waals surface area (Å²) in [4.78, 5) is 2.15.